The van der Waals surface area contributed by atoms with Gasteiger partial charge < -0.3 is 10.8 Å². The molecule has 0 aromatic heterocycles. The van der Waals surface area contributed by atoms with Gasteiger partial charge in [0, 0.05) is 12.5 Å². The monoisotopic (exact) mass is 242 g/mol. The van der Waals surface area contributed by atoms with Crippen LogP contribution >= 0.6 is 0 Å². The van der Waals surface area contributed by atoms with Crippen LogP contribution in [0.15, 0.2) is 0 Å². The lowest BCUT2D eigenvalue weighted by molar-refractivity contribution is -0.143. The second kappa shape index (κ2) is 6.00. The van der Waals surface area contributed by atoms with Crippen LogP contribution in [0.4, 0.5) is 0 Å². The molecule has 0 bridgehead atoms. The first kappa shape index (κ1) is 14.0. The van der Waals surface area contributed by atoms with Crippen molar-refractivity contribution in [2.75, 3.05) is 13.1 Å². The topological polar surface area (TPSA) is 83.6 Å². The molecule has 3 N–H and O–H groups in total. The largest absolute Gasteiger partial charge is 0.481 e. The van der Waals surface area contributed by atoms with Gasteiger partial charge in [0.2, 0.25) is 5.91 Å². The lowest BCUT2D eigenvalue weighted by Gasteiger charge is -2.37. The Morgan fingerprint density at radius 1 is 1.35 bits per heavy atom. The molecule has 1 heterocycles. The number of aliphatic carboxylic acids is 1. The minimum Gasteiger partial charge on any atom is -0.481 e. The number of carbonyl (C=O) groups excluding carboxylic acids is 1. The van der Waals surface area contributed by atoms with Gasteiger partial charge in [-0.15, -0.1) is 0 Å². The SMILES string of the molecule is CC(C(=O)O)C(C)N1CCC(CC(N)=O)CC1. The predicted octanol–water partition coefficient (Wildman–Crippen LogP) is 0.683. The number of rotatable bonds is 5. The van der Waals surface area contributed by atoms with Crippen molar-refractivity contribution in [1.82, 2.24) is 4.90 Å². The molecule has 1 rings (SSSR count). The minimum atomic E-state index is -0.753. The highest BCUT2D eigenvalue weighted by Gasteiger charge is 2.29. The lowest BCUT2D eigenvalue weighted by Crippen LogP contribution is -2.45. The van der Waals surface area contributed by atoms with Crippen molar-refractivity contribution in [3.63, 3.8) is 0 Å². The van der Waals surface area contributed by atoms with Crippen molar-refractivity contribution in [1.29, 1.82) is 0 Å². The summed E-state index contributed by atoms with van der Waals surface area (Å²) in [5.41, 5.74) is 5.18. The van der Waals surface area contributed by atoms with Gasteiger partial charge in [0.15, 0.2) is 0 Å². The van der Waals surface area contributed by atoms with Gasteiger partial charge in [-0.2, -0.15) is 0 Å². The summed E-state index contributed by atoms with van der Waals surface area (Å²) in [5.74, 6) is -0.981. The molecule has 2 atom stereocenters. The molecule has 0 saturated carbocycles. The number of nitrogens with two attached hydrogens (primary N) is 1. The summed E-state index contributed by atoms with van der Waals surface area (Å²) in [6.45, 7) is 5.41. The number of primary amides is 1. The number of amides is 1. The van der Waals surface area contributed by atoms with E-state index in [2.05, 4.69) is 4.90 Å². The Morgan fingerprint density at radius 3 is 2.29 bits per heavy atom. The Balaban J connectivity index is 2.41. The first-order valence-electron chi connectivity index (χ1n) is 6.17. The number of carboxylic acid groups (broad SMARTS) is 1. The molecular formula is C12H22N2O3. The van der Waals surface area contributed by atoms with E-state index in [1.54, 1.807) is 6.92 Å². The van der Waals surface area contributed by atoms with E-state index in [-0.39, 0.29) is 17.9 Å². The predicted molar refractivity (Wildman–Crippen MR) is 64.4 cm³/mol. The van der Waals surface area contributed by atoms with Crippen molar-refractivity contribution < 1.29 is 14.7 Å². The molecule has 5 heteroatoms. The Morgan fingerprint density at radius 2 is 1.88 bits per heavy atom. The first-order valence-corrected chi connectivity index (χ1v) is 6.17. The summed E-state index contributed by atoms with van der Waals surface area (Å²) in [6.07, 6.45) is 2.32. The van der Waals surface area contributed by atoms with E-state index in [0.29, 0.717) is 12.3 Å². The van der Waals surface area contributed by atoms with Crippen molar-refractivity contribution in [2.24, 2.45) is 17.6 Å². The Labute approximate surface area is 102 Å². The molecule has 1 amide bonds. The number of likely N-dealkylation sites (tertiary alicyclic amines) is 1. The zero-order valence-corrected chi connectivity index (χ0v) is 10.6. The van der Waals surface area contributed by atoms with Crippen LogP contribution in [-0.4, -0.2) is 41.0 Å². The molecule has 1 aliphatic heterocycles. The van der Waals surface area contributed by atoms with Crippen LogP contribution in [0.5, 0.6) is 0 Å². The number of nitrogens with zero attached hydrogens (tertiary/aromatic N) is 1. The highest BCUT2D eigenvalue weighted by molar-refractivity contribution is 5.74. The molecule has 0 aliphatic carbocycles. The van der Waals surface area contributed by atoms with Gasteiger partial charge in [0.1, 0.15) is 0 Å². The second-order valence-electron chi connectivity index (χ2n) is 5.02. The summed E-state index contributed by atoms with van der Waals surface area (Å²) in [7, 11) is 0. The van der Waals surface area contributed by atoms with Gasteiger partial charge in [0.05, 0.1) is 5.92 Å². The molecule has 1 fully saturated rings. The van der Waals surface area contributed by atoms with Gasteiger partial charge in [-0.05, 0) is 38.8 Å². The lowest BCUT2D eigenvalue weighted by atomic mass is 9.91. The van der Waals surface area contributed by atoms with Gasteiger partial charge >= 0.3 is 5.97 Å². The fourth-order valence-corrected chi connectivity index (χ4v) is 2.37. The second-order valence-corrected chi connectivity index (χ2v) is 5.02. The number of hydrogen-bond donors (Lipinski definition) is 2. The third-order valence-corrected chi connectivity index (χ3v) is 3.83. The Kier molecular flexibility index (Phi) is 4.93. The average Bonchev–Trinajstić information content (AvgIpc) is 2.27. The summed E-state index contributed by atoms with van der Waals surface area (Å²) in [6, 6.07) is 0.0435. The van der Waals surface area contributed by atoms with Crippen LogP contribution in [0.2, 0.25) is 0 Å². The molecule has 5 nitrogen and oxygen atoms in total. The Bertz CT molecular complexity index is 285. The van der Waals surface area contributed by atoms with Crippen LogP contribution in [0.3, 0.4) is 0 Å². The van der Waals surface area contributed by atoms with Gasteiger partial charge in [-0.3, -0.25) is 14.5 Å². The summed E-state index contributed by atoms with van der Waals surface area (Å²) >= 11 is 0. The van der Waals surface area contributed by atoms with E-state index < -0.39 is 5.97 Å². The number of piperidine rings is 1. The number of hydrogen-bond acceptors (Lipinski definition) is 3. The van der Waals surface area contributed by atoms with E-state index in [1.165, 1.54) is 0 Å². The van der Waals surface area contributed by atoms with Crippen molar-refractivity contribution in [3.8, 4) is 0 Å². The zero-order chi connectivity index (χ0) is 13.0. The van der Waals surface area contributed by atoms with Crippen molar-refractivity contribution >= 4 is 11.9 Å². The quantitative estimate of drug-likeness (QED) is 0.742. The maximum absolute atomic E-state index is 10.9. The molecule has 98 valence electrons. The highest BCUT2D eigenvalue weighted by atomic mass is 16.4. The molecule has 0 radical (unpaired) electrons. The van der Waals surface area contributed by atoms with Gasteiger partial charge in [0.25, 0.3) is 0 Å². The fraction of sp³-hybridized carbons (Fsp3) is 0.833. The Hall–Kier alpha value is -1.10. The molecule has 1 aliphatic rings. The summed E-state index contributed by atoms with van der Waals surface area (Å²) in [4.78, 5) is 23.9. The third kappa shape index (κ3) is 4.00. The molecule has 0 aromatic carbocycles. The number of carbonyl (C=O) groups is 2. The molecule has 2 unspecified atom stereocenters. The van der Waals surface area contributed by atoms with Crippen LogP contribution in [0, 0.1) is 11.8 Å². The smallest absolute Gasteiger partial charge is 0.307 e. The standard InChI is InChI=1S/C12H22N2O3/c1-8(12(16)17)9(2)14-5-3-10(4-6-14)7-11(13)15/h8-10H,3-7H2,1-2H3,(H2,13,15)(H,16,17). The molecule has 1 saturated heterocycles. The maximum Gasteiger partial charge on any atom is 0.307 e. The highest BCUT2D eigenvalue weighted by Crippen LogP contribution is 2.23. The third-order valence-electron chi connectivity index (χ3n) is 3.83. The zero-order valence-electron chi connectivity index (χ0n) is 10.6. The van der Waals surface area contributed by atoms with Crippen molar-refractivity contribution in [2.45, 2.75) is 39.2 Å². The van der Waals surface area contributed by atoms with E-state index in [4.69, 9.17) is 10.8 Å². The molecular weight excluding hydrogens is 220 g/mol. The van der Waals surface area contributed by atoms with E-state index in [9.17, 15) is 9.59 Å². The normalized spacial score (nSPS) is 22.0. The van der Waals surface area contributed by atoms with Crippen LogP contribution in [0.1, 0.15) is 33.1 Å². The van der Waals surface area contributed by atoms with Gasteiger partial charge in [-0.25, -0.2) is 0 Å². The average molecular weight is 242 g/mol. The summed E-state index contributed by atoms with van der Waals surface area (Å²) < 4.78 is 0. The van der Waals surface area contributed by atoms with Crippen LogP contribution < -0.4 is 5.73 Å². The molecule has 0 aromatic rings. The molecule has 17 heavy (non-hydrogen) atoms. The molecule has 0 spiro atoms. The minimum absolute atomic E-state index is 0.0435. The van der Waals surface area contributed by atoms with Crippen molar-refractivity contribution in [3.05, 3.63) is 0 Å². The van der Waals surface area contributed by atoms with E-state index in [0.717, 1.165) is 25.9 Å². The van der Waals surface area contributed by atoms with Gasteiger partial charge in [-0.1, -0.05) is 6.92 Å². The van der Waals surface area contributed by atoms with Crippen LogP contribution in [-0.2, 0) is 9.59 Å². The van der Waals surface area contributed by atoms with Crippen LogP contribution in [0.25, 0.3) is 0 Å². The maximum atomic E-state index is 10.9. The summed E-state index contributed by atoms with van der Waals surface area (Å²) in [5, 5.41) is 8.97. The first-order chi connectivity index (χ1) is 7.91. The number of carboxylic acids is 1. The van der Waals surface area contributed by atoms with E-state index >= 15 is 0 Å². The fourth-order valence-electron chi connectivity index (χ4n) is 2.37. The van der Waals surface area contributed by atoms with E-state index in [1.807, 2.05) is 6.92 Å².